The van der Waals surface area contributed by atoms with Crippen LogP contribution in [0, 0.1) is 0 Å². The molecular weight excluding hydrogens is 623 g/mol. The highest BCUT2D eigenvalue weighted by Crippen LogP contribution is 2.65. The number of rotatable bonds is 2. The molecule has 0 fully saturated rings. The zero-order valence-electron chi connectivity index (χ0n) is 27.1. The molecule has 2 atom stereocenters. The molecule has 4 aliphatic heterocycles. The molecule has 0 N–H and O–H groups in total. The van der Waals surface area contributed by atoms with Crippen LogP contribution < -0.4 is 20.6 Å². The average Bonchev–Trinajstić information content (AvgIpc) is 3.72. The van der Waals surface area contributed by atoms with Gasteiger partial charge in [0.1, 0.15) is 0 Å². The Kier molecular flexibility index (Phi) is 5.40. The summed E-state index contributed by atoms with van der Waals surface area (Å²) in [6, 6.07) is 61.7. The average molecular weight is 653 g/mol. The van der Waals surface area contributed by atoms with E-state index in [4.69, 9.17) is 0 Å². The van der Waals surface area contributed by atoms with Crippen LogP contribution in [-0.2, 0) is 0 Å². The van der Waals surface area contributed by atoms with E-state index in [1.807, 2.05) is 11.8 Å². The van der Waals surface area contributed by atoms with Crippen LogP contribution >= 0.6 is 11.8 Å². The van der Waals surface area contributed by atoms with E-state index in [0.717, 1.165) is 0 Å². The highest BCUT2D eigenvalue weighted by Gasteiger charge is 2.54. The van der Waals surface area contributed by atoms with Crippen molar-refractivity contribution >= 4 is 73.8 Å². The first-order chi connectivity index (χ1) is 24.8. The van der Waals surface area contributed by atoms with Crippen molar-refractivity contribution in [2.24, 2.45) is 0 Å². The molecule has 0 radical (unpaired) electrons. The number of benzene rings is 8. The Morgan fingerprint density at radius 1 is 0.540 bits per heavy atom. The fourth-order valence-electron chi connectivity index (χ4n) is 9.46. The van der Waals surface area contributed by atoms with Crippen LogP contribution in [0.4, 0.5) is 22.7 Å². The topological polar surface area (TPSA) is 6.48 Å². The summed E-state index contributed by atoms with van der Waals surface area (Å²) in [5, 5.41) is 5.51. The molecule has 4 heterocycles. The van der Waals surface area contributed by atoms with Crippen molar-refractivity contribution < 1.29 is 0 Å². The van der Waals surface area contributed by atoms with Crippen molar-refractivity contribution in [2.75, 3.05) is 9.71 Å². The Hall–Kier alpha value is -5.71. The second kappa shape index (κ2) is 9.93. The zero-order chi connectivity index (χ0) is 32.5. The summed E-state index contributed by atoms with van der Waals surface area (Å²) in [6.45, 7) is 0.0195. The van der Waals surface area contributed by atoms with E-state index in [0.29, 0.717) is 5.25 Å². The fraction of sp³-hybridized carbons (Fsp3) is 0.0435. The quantitative estimate of drug-likeness (QED) is 0.172. The number of thioether (sulfide) groups is 1. The van der Waals surface area contributed by atoms with Crippen LogP contribution in [0.5, 0.6) is 0 Å². The maximum atomic E-state index is 2.73. The highest BCUT2D eigenvalue weighted by molar-refractivity contribution is 8.00. The number of para-hydroxylation sites is 1. The maximum Gasteiger partial charge on any atom is 0.333 e. The van der Waals surface area contributed by atoms with Gasteiger partial charge in [0, 0.05) is 33.2 Å². The number of nitrogens with zero attached hydrogens (tertiary/aromatic N) is 2. The Balaban J connectivity index is 1.19. The molecule has 0 amide bonds. The molecule has 4 aliphatic rings. The smallest absolute Gasteiger partial charge is 0.333 e. The molecule has 2 unspecified atom stereocenters. The molecule has 2 nitrogen and oxygen atoms in total. The first kappa shape index (κ1) is 27.2. The van der Waals surface area contributed by atoms with Gasteiger partial charge < -0.3 is 9.71 Å². The summed E-state index contributed by atoms with van der Waals surface area (Å²) in [4.78, 5) is 6.80. The Labute approximate surface area is 295 Å². The monoisotopic (exact) mass is 652 g/mol. The van der Waals surface area contributed by atoms with Gasteiger partial charge in [0.15, 0.2) is 0 Å². The fourth-order valence-corrected chi connectivity index (χ4v) is 10.9. The van der Waals surface area contributed by atoms with Crippen LogP contribution in [-0.4, -0.2) is 6.85 Å². The molecule has 0 bridgehead atoms. The van der Waals surface area contributed by atoms with Crippen molar-refractivity contribution in [3.63, 3.8) is 0 Å². The molecule has 4 heteroatoms. The lowest BCUT2D eigenvalue weighted by Gasteiger charge is -2.46. The highest BCUT2D eigenvalue weighted by atomic mass is 32.2. The van der Waals surface area contributed by atoms with E-state index in [2.05, 4.69) is 174 Å². The minimum atomic E-state index is 0.0195. The van der Waals surface area contributed by atoms with Crippen molar-refractivity contribution in [1.29, 1.82) is 0 Å². The van der Waals surface area contributed by atoms with Crippen molar-refractivity contribution in [1.82, 2.24) is 0 Å². The molecule has 0 spiro atoms. The number of anilines is 4. The van der Waals surface area contributed by atoms with Crippen molar-refractivity contribution in [2.45, 2.75) is 16.2 Å². The Morgan fingerprint density at radius 3 is 2.08 bits per heavy atom. The molecular formula is C46H29BN2S. The van der Waals surface area contributed by atoms with Crippen LogP contribution in [0.3, 0.4) is 0 Å². The third-order valence-corrected chi connectivity index (χ3v) is 12.9. The summed E-state index contributed by atoms with van der Waals surface area (Å²) in [7, 11) is 0. The molecule has 0 saturated carbocycles. The van der Waals surface area contributed by atoms with E-state index in [1.54, 1.807) is 0 Å². The van der Waals surface area contributed by atoms with Crippen LogP contribution in [0.1, 0.15) is 22.4 Å². The molecule has 8 aromatic carbocycles. The second-order valence-electron chi connectivity index (χ2n) is 14.0. The lowest BCUT2D eigenvalue weighted by Crippen LogP contribution is -2.61. The lowest BCUT2D eigenvalue weighted by molar-refractivity contribution is 0.738. The summed E-state index contributed by atoms with van der Waals surface area (Å²) in [5.74, 6) is 0. The van der Waals surface area contributed by atoms with E-state index >= 15 is 0 Å². The maximum absolute atomic E-state index is 2.73. The lowest BCUT2D eigenvalue weighted by atomic mass is 9.43. The van der Waals surface area contributed by atoms with Gasteiger partial charge >= 0.3 is 6.85 Å². The Bertz CT molecular complexity index is 2720. The summed E-state index contributed by atoms with van der Waals surface area (Å²) in [5.41, 5.74) is 16.1. The van der Waals surface area contributed by atoms with Gasteiger partial charge in [0.25, 0.3) is 0 Å². The largest absolute Gasteiger partial charge is 0.376 e. The number of hydrogen-bond acceptors (Lipinski definition) is 3. The summed E-state index contributed by atoms with van der Waals surface area (Å²) >= 11 is 2.04. The predicted molar refractivity (Wildman–Crippen MR) is 212 cm³/mol. The van der Waals surface area contributed by atoms with E-state index in [9.17, 15) is 0 Å². The van der Waals surface area contributed by atoms with Crippen LogP contribution in [0.2, 0.25) is 0 Å². The number of fused-ring (bicyclic) bond motifs is 12. The van der Waals surface area contributed by atoms with Gasteiger partial charge in [0.05, 0.1) is 11.3 Å². The summed E-state index contributed by atoms with van der Waals surface area (Å²) in [6.07, 6.45) is 0. The molecule has 0 saturated heterocycles. The first-order valence-corrected chi connectivity index (χ1v) is 18.4. The van der Waals surface area contributed by atoms with E-state index in [-0.39, 0.29) is 12.9 Å². The minimum Gasteiger partial charge on any atom is -0.376 e. The first-order valence-electron chi connectivity index (χ1n) is 17.5. The second-order valence-corrected chi connectivity index (χ2v) is 15.2. The predicted octanol–water partition coefficient (Wildman–Crippen LogP) is 10.9. The van der Waals surface area contributed by atoms with E-state index in [1.165, 1.54) is 93.5 Å². The summed E-state index contributed by atoms with van der Waals surface area (Å²) < 4.78 is 0. The SMILES string of the molecule is c1ccc(-c2ccc(N3B4c5cccc6c5N(c5cc7ccccc7c(c54)-c4cc5ccccc5cc43)C3c4ccccc4SC63)cc2)cc1. The third kappa shape index (κ3) is 3.51. The minimum absolute atomic E-state index is 0.0195. The molecule has 0 aromatic heterocycles. The number of hydrogen-bond donors (Lipinski definition) is 0. The third-order valence-electron chi connectivity index (χ3n) is 11.5. The van der Waals surface area contributed by atoms with E-state index < -0.39 is 0 Å². The van der Waals surface area contributed by atoms with Crippen LogP contribution in [0.25, 0.3) is 43.8 Å². The van der Waals surface area contributed by atoms with Crippen molar-refractivity contribution in [3.05, 3.63) is 175 Å². The molecule has 8 aromatic rings. The van der Waals surface area contributed by atoms with Gasteiger partial charge in [0.2, 0.25) is 0 Å². The van der Waals surface area contributed by atoms with Gasteiger partial charge in [-0.3, -0.25) is 0 Å². The van der Waals surface area contributed by atoms with Gasteiger partial charge in [-0.2, -0.15) is 0 Å². The standard InChI is InChI=1S/C46H29BN2S/c1-2-11-28(12-3-1)29-21-23-33(24-22-29)49-39-26-31-14-5-4-13-30(31)25-37(39)42-34-16-7-6-15-32(34)27-40-43(42)47(49)38-19-10-18-36-44(38)48(40)45-35-17-8-9-20-41(35)50-46(36)45/h1-27,45-46H. The van der Waals surface area contributed by atoms with Gasteiger partial charge in [-0.1, -0.05) is 127 Å². The molecule has 232 valence electrons. The zero-order valence-corrected chi connectivity index (χ0v) is 27.9. The Morgan fingerprint density at radius 2 is 1.22 bits per heavy atom. The van der Waals surface area contributed by atoms with Gasteiger partial charge in [-0.25, -0.2) is 0 Å². The van der Waals surface area contributed by atoms with Gasteiger partial charge in [-0.05, 0) is 96.7 Å². The molecule has 0 aliphatic carbocycles. The van der Waals surface area contributed by atoms with Gasteiger partial charge in [-0.15, -0.1) is 11.8 Å². The van der Waals surface area contributed by atoms with Crippen LogP contribution in [0.15, 0.2) is 169 Å². The normalized spacial score (nSPS) is 17.4. The molecule has 12 rings (SSSR count). The van der Waals surface area contributed by atoms with Crippen molar-refractivity contribution in [3.8, 4) is 22.3 Å². The molecule has 50 heavy (non-hydrogen) atoms.